The summed E-state index contributed by atoms with van der Waals surface area (Å²) in [5, 5.41) is 13.1. The molecule has 0 bridgehead atoms. The number of amides is 4. The first-order valence-corrected chi connectivity index (χ1v) is 19.8. The van der Waals surface area contributed by atoms with Crippen LogP contribution in [0.25, 0.3) is 0 Å². The summed E-state index contributed by atoms with van der Waals surface area (Å²) in [6.45, 7) is 5.37. The molecule has 0 saturated carbocycles. The number of anilines is 1. The van der Waals surface area contributed by atoms with Crippen LogP contribution in [0.5, 0.6) is 5.75 Å². The Bertz CT molecular complexity index is 1650. The zero-order valence-electron chi connectivity index (χ0n) is 29.3. The number of aromatic hydroxyl groups is 1. The van der Waals surface area contributed by atoms with Crippen LogP contribution in [-0.2, 0) is 32.4 Å². The van der Waals surface area contributed by atoms with Crippen molar-refractivity contribution in [3.63, 3.8) is 0 Å². The molecular formula is C36H50BN5O7S. The lowest BCUT2D eigenvalue weighted by Gasteiger charge is -2.40. The second-order valence-corrected chi connectivity index (χ2v) is 16.5. The Morgan fingerprint density at radius 1 is 0.920 bits per heavy atom. The van der Waals surface area contributed by atoms with Gasteiger partial charge in [-0.05, 0) is 92.4 Å². The van der Waals surface area contributed by atoms with Crippen LogP contribution >= 0.6 is 0 Å². The molecule has 3 fully saturated rings. The molecule has 4 heterocycles. The number of carbonyl (C=O) groups is 3. The van der Waals surface area contributed by atoms with E-state index in [0.29, 0.717) is 76.0 Å². The number of benzene rings is 2. The zero-order chi connectivity index (χ0) is 35.4. The third kappa shape index (κ3) is 8.23. The van der Waals surface area contributed by atoms with Crippen molar-refractivity contribution < 1.29 is 32.6 Å². The fraction of sp³-hybridized carbons (Fsp3) is 0.583. The summed E-state index contributed by atoms with van der Waals surface area (Å²) in [5.41, 5.74) is 3.43. The minimum absolute atomic E-state index is 0.00431. The number of piperidine rings is 3. The van der Waals surface area contributed by atoms with E-state index in [4.69, 9.17) is 4.74 Å². The van der Waals surface area contributed by atoms with Gasteiger partial charge in [0.2, 0.25) is 10.0 Å². The van der Waals surface area contributed by atoms with E-state index < -0.39 is 22.2 Å². The summed E-state index contributed by atoms with van der Waals surface area (Å²) in [7, 11) is -1.38. The first-order valence-electron chi connectivity index (χ1n) is 18.2. The number of fused-ring (bicyclic) bond motifs is 1. The Hall–Kier alpha value is -3.78. The number of hydrogen-bond acceptors (Lipinski definition) is 7. The van der Waals surface area contributed by atoms with Gasteiger partial charge in [0.25, 0.3) is 5.91 Å². The Morgan fingerprint density at radius 2 is 1.56 bits per heavy atom. The highest BCUT2D eigenvalue weighted by Crippen LogP contribution is 2.34. The third-order valence-electron chi connectivity index (χ3n) is 11.3. The van der Waals surface area contributed by atoms with Crippen LogP contribution in [0.4, 0.5) is 15.3 Å². The number of nitrogens with zero attached hydrogens (tertiary/aromatic N) is 4. The number of ether oxygens (including phenoxy) is 1. The van der Waals surface area contributed by atoms with E-state index in [9.17, 15) is 27.9 Å². The van der Waals surface area contributed by atoms with Crippen LogP contribution in [0.2, 0.25) is 0 Å². The van der Waals surface area contributed by atoms with Gasteiger partial charge in [-0.2, -0.15) is 0 Å². The molecule has 1 atom stereocenters. The van der Waals surface area contributed by atoms with Gasteiger partial charge in [0.05, 0.1) is 5.75 Å². The predicted octanol–water partition coefficient (Wildman–Crippen LogP) is 2.55. The molecule has 2 N–H and O–H groups in total. The standard InChI is InChI=1S/C36H50BN5O7S/c1-2-50(47,48)41-20-11-27(12-21-41)26-9-16-39(17-10-26)34(44)33(24-25-7-8-32(43)30(37)23-25)49-36(46)40-18-14-29(15-19-40)42-22-13-28-5-3-4-6-31(28)38-35(42)45/h3-8,23,26-27,29,33,43H,2,9-22,24,37H2,1H3,(H,38,45)/t33-/m1/s1. The van der Waals surface area contributed by atoms with Crippen molar-refractivity contribution in [2.75, 3.05) is 56.9 Å². The lowest BCUT2D eigenvalue weighted by molar-refractivity contribution is -0.142. The summed E-state index contributed by atoms with van der Waals surface area (Å²) in [6, 6.07) is 12.9. The van der Waals surface area contributed by atoms with Crippen LogP contribution in [0.1, 0.15) is 56.6 Å². The van der Waals surface area contributed by atoms with Gasteiger partial charge in [0.1, 0.15) is 13.6 Å². The van der Waals surface area contributed by atoms with E-state index in [0.717, 1.165) is 48.9 Å². The highest BCUT2D eigenvalue weighted by atomic mass is 32.2. The predicted molar refractivity (Wildman–Crippen MR) is 194 cm³/mol. The molecule has 2 aromatic rings. The maximum absolute atomic E-state index is 14.0. The topological polar surface area (TPSA) is 140 Å². The molecule has 0 spiro atoms. The zero-order valence-corrected chi connectivity index (χ0v) is 30.1. The van der Waals surface area contributed by atoms with Gasteiger partial charge in [-0.15, -0.1) is 0 Å². The van der Waals surface area contributed by atoms with Crippen molar-refractivity contribution in [2.24, 2.45) is 11.8 Å². The molecule has 0 aromatic heterocycles. The van der Waals surface area contributed by atoms with Gasteiger partial charge in [0, 0.05) is 64.0 Å². The maximum atomic E-state index is 14.0. The number of hydrogen-bond donors (Lipinski definition) is 2. The average Bonchev–Trinajstić information content (AvgIpc) is 3.30. The molecule has 0 aliphatic carbocycles. The van der Waals surface area contributed by atoms with E-state index in [1.54, 1.807) is 41.0 Å². The molecule has 3 saturated heterocycles. The van der Waals surface area contributed by atoms with E-state index in [-0.39, 0.29) is 35.9 Å². The lowest BCUT2D eigenvalue weighted by Crippen LogP contribution is -2.52. The van der Waals surface area contributed by atoms with E-state index in [1.807, 2.05) is 35.2 Å². The van der Waals surface area contributed by atoms with E-state index in [2.05, 4.69) is 5.32 Å². The number of rotatable bonds is 8. The summed E-state index contributed by atoms with van der Waals surface area (Å²) in [5.74, 6) is 0.926. The van der Waals surface area contributed by atoms with Gasteiger partial charge < -0.3 is 29.9 Å². The van der Waals surface area contributed by atoms with Crippen LogP contribution < -0.4 is 10.8 Å². The molecule has 50 heavy (non-hydrogen) atoms. The number of likely N-dealkylation sites (tertiary alicyclic amines) is 2. The van der Waals surface area contributed by atoms with Gasteiger partial charge in [-0.25, -0.2) is 22.3 Å². The number of phenolic OH excluding ortho intramolecular Hbond substituents is 1. The molecule has 270 valence electrons. The number of carbonyl (C=O) groups excluding carboxylic acids is 3. The van der Waals surface area contributed by atoms with Crippen molar-refractivity contribution in [3.05, 3.63) is 53.6 Å². The summed E-state index contributed by atoms with van der Waals surface area (Å²) < 4.78 is 32.3. The van der Waals surface area contributed by atoms with Crippen LogP contribution in [0.3, 0.4) is 0 Å². The van der Waals surface area contributed by atoms with Gasteiger partial charge in [-0.3, -0.25) is 4.79 Å². The molecule has 6 rings (SSSR count). The number of urea groups is 1. The lowest BCUT2D eigenvalue weighted by atomic mass is 9.79. The van der Waals surface area contributed by atoms with Crippen molar-refractivity contribution >= 4 is 47.1 Å². The third-order valence-corrected chi connectivity index (χ3v) is 13.2. The van der Waals surface area contributed by atoms with Crippen molar-refractivity contribution in [1.82, 2.24) is 19.0 Å². The van der Waals surface area contributed by atoms with Crippen LogP contribution in [-0.4, -0.2) is 122 Å². The second kappa shape index (κ2) is 15.6. The molecule has 4 aliphatic heterocycles. The SMILES string of the molecule is Bc1cc(C[C@@H](OC(=O)N2CCC(N3CCc4ccccc4NC3=O)CC2)C(=O)N2CCC(C3CCN(S(=O)(=O)CC)CC3)CC2)ccc1O. The quantitative estimate of drug-likeness (QED) is 0.403. The summed E-state index contributed by atoms with van der Waals surface area (Å²) in [6.07, 6.45) is 3.98. The fourth-order valence-electron chi connectivity index (χ4n) is 8.14. The maximum Gasteiger partial charge on any atom is 0.410 e. The Morgan fingerprint density at radius 3 is 2.22 bits per heavy atom. The van der Waals surface area contributed by atoms with Crippen molar-refractivity contribution in [1.29, 1.82) is 0 Å². The largest absolute Gasteiger partial charge is 0.509 e. The van der Waals surface area contributed by atoms with E-state index in [1.165, 1.54) is 0 Å². The normalized spacial score (nSPS) is 20.9. The molecule has 4 amide bonds. The number of para-hydroxylation sites is 1. The highest BCUT2D eigenvalue weighted by Gasteiger charge is 2.37. The van der Waals surface area contributed by atoms with Crippen LogP contribution in [0, 0.1) is 11.8 Å². The molecule has 0 unspecified atom stereocenters. The number of nitrogens with one attached hydrogen (secondary N) is 1. The first-order chi connectivity index (χ1) is 24.0. The van der Waals surface area contributed by atoms with E-state index >= 15 is 0 Å². The smallest absolute Gasteiger partial charge is 0.410 e. The Balaban J connectivity index is 1.05. The molecule has 12 nitrogen and oxygen atoms in total. The van der Waals surface area contributed by atoms with Crippen molar-refractivity contribution in [2.45, 2.75) is 70.4 Å². The fourth-order valence-corrected chi connectivity index (χ4v) is 9.27. The Kier molecular flexibility index (Phi) is 11.3. The van der Waals surface area contributed by atoms with Gasteiger partial charge in [0.15, 0.2) is 6.10 Å². The molecular weight excluding hydrogens is 657 g/mol. The minimum Gasteiger partial charge on any atom is -0.509 e. The van der Waals surface area contributed by atoms with Crippen molar-refractivity contribution in [3.8, 4) is 5.75 Å². The average molecular weight is 708 g/mol. The Labute approximate surface area is 296 Å². The van der Waals surface area contributed by atoms with Gasteiger partial charge >= 0.3 is 12.1 Å². The molecule has 2 aromatic carbocycles. The summed E-state index contributed by atoms with van der Waals surface area (Å²) >= 11 is 0. The monoisotopic (exact) mass is 707 g/mol. The molecule has 0 radical (unpaired) electrons. The first kappa shape index (κ1) is 36.0. The highest BCUT2D eigenvalue weighted by molar-refractivity contribution is 7.89. The molecule has 14 heteroatoms. The molecule has 4 aliphatic rings. The van der Waals surface area contributed by atoms with Crippen LogP contribution in [0.15, 0.2) is 42.5 Å². The van der Waals surface area contributed by atoms with Gasteiger partial charge in [-0.1, -0.05) is 30.3 Å². The minimum atomic E-state index is -3.17. The number of sulfonamides is 1. The number of phenols is 1. The summed E-state index contributed by atoms with van der Waals surface area (Å²) in [4.78, 5) is 46.0. The second-order valence-electron chi connectivity index (χ2n) is 14.2.